The lowest BCUT2D eigenvalue weighted by Crippen LogP contribution is -2.16. The van der Waals surface area contributed by atoms with Crippen molar-refractivity contribution >= 4 is 17.7 Å². The number of aromatic nitrogens is 2. The number of nitrogens with two attached hydrogens (primary N) is 1. The van der Waals surface area contributed by atoms with Crippen molar-refractivity contribution in [2.24, 2.45) is 0 Å². The van der Waals surface area contributed by atoms with Gasteiger partial charge in [-0.05, 0) is 17.7 Å². The average Bonchev–Trinajstić information content (AvgIpc) is 2.78. The number of carbonyl (C=O) groups excluding carboxylic acids is 1. The van der Waals surface area contributed by atoms with Crippen LogP contribution < -0.4 is 25.3 Å². The van der Waals surface area contributed by atoms with Crippen LogP contribution >= 0.6 is 0 Å². The summed E-state index contributed by atoms with van der Waals surface area (Å²) >= 11 is 0. The number of nitrogen functional groups attached to an aromatic ring is 1. The van der Waals surface area contributed by atoms with E-state index in [-0.39, 0.29) is 12.6 Å². The van der Waals surface area contributed by atoms with Gasteiger partial charge in [-0.15, -0.1) is 0 Å². The normalized spacial score (nSPS) is 10.3. The van der Waals surface area contributed by atoms with Gasteiger partial charge >= 0.3 is 6.09 Å². The van der Waals surface area contributed by atoms with E-state index in [1.807, 2.05) is 30.3 Å². The molecule has 1 amide bonds. The maximum atomic E-state index is 12.1. The van der Waals surface area contributed by atoms with Crippen molar-refractivity contribution in [3.05, 3.63) is 65.5 Å². The van der Waals surface area contributed by atoms with E-state index in [0.29, 0.717) is 35.1 Å². The summed E-state index contributed by atoms with van der Waals surface area (Å²) in [5, 5.41) is 2.54. The summed E-state index contributed by atoms with van der Waals surface area (Å²) in [7, 11) is 4.55. The standard InChI is InChI=1S/C22H24N4O5/c1-28-18-15(12-17(23)19(29-2)20(18)30-3)11-16-9-10-24-21(25-16)26-22(27)31-13-14-7-5-4-6-8-14/h4-10,12H,11,13,23H2,1-3H3,(H,24,25,26,27). The molecule has 3 rings (SSSR count). The Morgan fingerprint density at radius 2 is 1.71 bits per heavy atom. The molecule has 0 radical (unpaired) electrons. The van der Waals surface area contributed by atoms with E-state index in [9.17, 15) is 4.79 Å². The zero-order chi connectivity index (χ0) is 22.2. The van der Waals surface area contributed by atoms with Crippen molar-refractivity contribution in [1.29, 1.82) is 0 Å². The molecule has 3 N–H and O–H groups in total. The number of methoxy groups -OCH3 is 3. The zero-order valence-electron chi connectivity index (χ0n) is 17.5. The quantitative estimate of drug-likeness (QED) is 0.528. The second kappa shape index (κ2) is 10.1. The number of hydrogen-bond donors (Lipinski definition) is 2. The molecule has 9 heteroatoms. The molecule has 0 atom stereocenters. The fourth-order valence-corrected chi connectivity index (χ4v) is 3.05. The van der Waals surface area contributed by atoms with Crippen molar-refractivity contribution in [3.8, 4) is 17.2 Å². The summed E-state index contributed by atoms with van der Waals surface area (Å²) < 4.78 is 21.4. The van der Waals surface area contributed by atoms with Crippen molar-refractivity contribution in [2.45, 2.75) is 13.0 Å². The van der Waals surface area contributed by atoms with E-state index in [1.165, 1.54) is 21.3 Å². The number of benzene rings is 2. The van der Waals surface area contributed by atoms with Gasteiger partial charge in [-0.2, -0.15) is 0 Å². The van der Waals surface area contributed by atoms with Crippen molar-refractivity contribution in [2.75, 3.05) is 32.4 Å². The molecular formula is C22H24N4O5. The summed E-state index contributed by atoms with van der Waals surface area (Å²) in [6.07, 6.45) is 1.27. The summed E-state index contributed by atoms with van der Waals surface area (Å²) in [6.45, 7) is 0.147. The smallest absolute Gasteiger partial charge is 0.414 e. The van der Waals surface area contributed by atoms with Gasteiger partial charge in [-0.25, -0.2) is 14.8 Å². The zero-order valence-corrected chi connectivity index (χ0v) is 17.5. The van der Waals surface area contributed by atoms with Crippen LogP contribution in [0.4, 0.5) is 16.4 Å². The molecular weight excluding hydrogens is 400 g/mol. The van der Waals surface area contributed by atoms with Crippen LogP contribution in [-0.4, -0.2) is 37.4 Å². The molecule has 9 nitrogen and oxygen atoms in total. The lowest BCUT2D eigenvalue weighted by Gasteiger charge is -2.17. The van der Waals surface area contributed by atoms with E-state index in [0.717, 1.165) is 11.1 Å². The minimum Gasteiger partial charge on any atom is -0.492 e. The molecule has 0 unspecified atom stereocenters. The average molecular weight is 424 g/mol. The van der Waals surface area contributed by atoms with Crippen LogP contribution in [0.5, 0.6) is 17.2 Å². The van der Waals surface area contributed by atoms with Crippen LogP contribution in [0.2, 0.25) is 0 Å². The van der Waals surface area contributed by atoms with Gasteiger partial charge in [0.15, 0.2) is 11.5 Å². The minimum atomic E-state index is -0.644. The Bertz CT molecular complexity index is 1040. The Kier molecular flexibility index (Phi) is 7.10. The Labute approximate surface area is 180 Å². The molecule has 0 spiro atoms. The number of nitrogens with one attached hydrogen (secondary N) is 1. The second-order valence-corrected chi connectivity index (χ2v) is 6.46. The highest BCUT2D eigenvalue weighted by molar-refractivity contribution is 5.82. The van der Waals surface area contributed by atoms with Crippen LogP contribution in [0.1, 0.15) is 16.8 Å². The number of ether oxygens (including phenoxy) is 4. The van der Waals surface area contributed by atoms with Crippen LogP contribution in [0, 0.1) is 0 Å². The molecule has 1 heterocycles. The summed E-state index contributed by atoms with van der Waals surface area (Å²) in [4.78, 5) is 20.5. The van der Waals surface area contributed by atoms with E-state index in [4.69, 9.17) is 24.7 Å². The maximum absolute atomic E-state index is 12.1. The topological polar surface area (TPSA) is 118 Å². The third-order valence-corrected chi connectivity index (χ3v) is 4.42. The Hall–Kier alpha value is -4.01. The highest BCUT2D eigenvalue weighted by atomic mass is 16.5. The van der Waals surface area contributed by atoms with Crippen molar-refractivity contribution in [3.63, 3.8) is 0 Å². The van der Waals surface area contributed by atoms with Gasteiger partial charge in [0.25, 0.3) is 0 Å². The van der Waals surface area contributed by atoms with Crippen molar-refractivity contribution in [1.82, 2.24) is 9.97 Å². The van der Waals surface area contributed by atoms with Gasteiger partial charge in [0.1, 0.15) is 6.61 Å². The first-order valence-corrected chi connectivity index (χ1v) is 9.42. The SMILES string of the molecule is COc1c(N)cc(Cc2ccnc(NC(=O)OCc3ccccc3)n2)c(OC)c1OC. The Balaban J connectivity index is 1.73. The second-order valence-electron chi connectivity index (χ2n) is 6.46. The van der Waals surface area contributed by atoms with Crippen molar-refractivity contribution < 1.29 is 23.7 Å². The molecule has 31 heavy (non-hydrogen) atoms. The lowest BCUT2D eigenvalue weighted by atomic mass is 10.1. The summed E-state index contributed by atoms with van der Waals surface area (Å²) in [6, 6.07) is 12.8. The number of carbonyl (C=O) groups is 1. The number of amides is 1. The van der Waals surface area contributed by atoms with Gasteiger partial charge in [0, 0.05) is 18.2 Å². The Morgan fingerprint density at radius 3 is 2.39 bits per heavy atom. The number of anilines is 2. The monoisotopic (exact) mass is 424 g/mol. The number of nitrogens with zero attached hydrogens (tertiary/aromatic N) is 2. The molecule has 3 aromatic rings. The molecule has 162 valence electrons. The van der Waals surface area contributed by atoms with Crippen LogP contribution in [0.15, 0.2) is 48.7 Å². The molecule has 0 fully saturated rings. The minimum absolute atomic E-state index is 0.128. The number of hydrogen-bond acceptors (Lipinski definition) is 8. The molecule has 0 bridgehead atoms. The number of rotatable bonds is 8. The van der Waals surface area contributed by atoms with E-state index >= 15 is 0 Å². The highest BCUT2D eigenvalue weighted by Gasteiger charge is 2.20. The highest BCUT2D eigenvalue weighted by Crippen LogP contribution is 2.44. The lowest BCUT2D eigenvalue weighted by molar-refractivity contribution is 0.155. The predicted octanol–water partition coefficient (Wildman–Crippen LogP) is 3.42. The first-order chi connectivity index (χ1) is 15.0. The molecule has 0 saturated carbocycles. The third-order valence-electron chi connectivity index (χ3n) is 4.42. The largest absolute Gasteiger partial charge is 0.492 e. The van der Waals surface area contributed by atoms with Crippen LogP contribution in [0.3, 0.4) is 0 Å². The molecule has 1 aromatic heterocycles. The molecule has 0 aliphatic rings. The third kappa shape index (κ3) is 5.33. The first kappa shape index (κ1) is 21.7. The molecule has 0 aliphatic heterocycles. The van der Waals surface area contributed by atoms with E-state index in [2.05, 4.69) is 15.3 Å². The van der Waals surface area contributed by atoms with Crippen LogP contribution in [-0.2, 0) is 17.8 Å². The fourth-order valence-electron chi connectivity index (χ4n) is 3.05. The van der Waals surface area contributed by atoms with Gasteiger partial charge in [0.2, 0.25) is 11.7 Å². The predicted molar refractivity (Wildman–Crippen MR) is 116 cm³/mol. The first-order valence-electron chi connectivity index (χ1n) is 9.42. The maximum Gasteiger partial charge on any atom is 0.414 e. The van der Waals surface area contributed by atoms with E-state index < -0.39 is 6.09 Å². The van der Waals surface area contributed by atoms with Gasteiger partial charge < -0.3 is 24.7 Å². The molecule has 0 aliphatic carbocycles. The van der Waals surface area contributed by atoms with Crippen LogP contribution in [0.25, 0.3) is 0 Å². The molecule has 2 aromatic carbocycles. The Morgan fingerprint density at radius 1 is 1.00 bits per heavy atom. The van der Waals surface area contributed by atoms with Gasteiger partial charge in [0.05, 0.1) is 32.7 Å². The fraction of sp³-hybridized carbons (Fsp3) is 0.227. The van der Waals surface area contributed by atoms with Gasteiger partial charge in [-0.1, -0.05) is 30.3 Å². The summed E-state index contributed by atoms with van der Waals surface area (Å²) in [5.74, 6) is 1.41. The molecule has 0 saturated heterocycles. The van der Waals surface area contributed by atoms with Gasteiger partial charge in [-0.3, -0.25) is 5.32 Å². The van der Waals surface area contributed by atoms with E-state index in [1.54, 1.807) is 18.3 Å². The summed E-state index contributed by atoms with van der Waals surface area (Å²) in [5.41, 5.74) is 8.77.